The Labute approximate surface area is 98.4 Å². The van der Waals surface area contributed by atoms with Gasteiger partial charge in [-0.05, 0) is 19.3 Å². The summed E-state index contributed by atoms with van der Waals surface area (Å²) in [5, 5.41) is 13.1. The SMILES string of the molecule is COC(=O)C(C)CNCC(C)(O)CC(C)C. The lowest BCUT2D eigenvalue weighted by Gasteiger charge is -2.26. The number of nitrogens with one attached hydrogen (secondary N) is 1. The van der Waals surface area contributed by atoms with Crippen LogP contribution in [0.15, 0.2) is 0 Å². The second-order valence-corrected chi connectivity index (χ2v) is 5.15. The Kier molecular flexibility index (Phi) is 6.60. The Morgan fingerprint density at radius 2 is 2.00 bits per heavy atom. The van der Waals surface area contributed by atoms with Crippen molar-refractivity contribution < 1.29 is 14.6 Å². The summed E-state index contributed by atoms with van der Waals surface area (Å²) in [6.07, 6.45) is 0.743. The minimum Gasteiger partial charge on any atom is -0.469 e. The van der Waals surface area contributed by atoms with Crippen LogP contribution >= 0.6 is 0 Å². The molecule has 0 aromatic rings. The van der Waals surface area contributed by atoms with Gasteiger partial charge in [-0.1, -0.05) is 20.8 Å². The normalized spacial score (nSPS) is 16.9. The topological polar surface area (TPSA) is 58.6 Å². The predicted molar refractivity (Wildman–Crippen MR) is 64.1 cm³/mol. The van der Waals surface area contributed by atoms with E-state index in [2.05, 4.69) is 23.9 Å². The van der Waals surface area contributed by atoms with E-state index in [1.54, 1.807) is 6.92 Å². The number of hydrogen-bond donors (Lipinski definition) is 2. The number of aliphatic hydroxyl groups is 1. The van der Waals surface area contributed by atoms with Crippen molar-refractivity contribution in [2.45, 2.75) is 39.7 Å². The van der Waals surface area contributed by atoms with Crippen LogP contribution in [0.2, 0.25) is 0 Å². The maximum Gasteiger partial charge on any atom is 0.309 e. The smallest absolute Gasteiger partial charge is 0.309 e. The highest BCUT2D eigenvalue weighted by Crippen LogP contribution is 2.15. The molecule has 0 spiro atoms. The molecule has 2 N–H and O–H groups in total. The molecule has 0 radical (unpaired) electrons. The molecule has 0 heterocycles. The largest absolute Gasteiger partial charge is 0.469 e. The number of rotatable bonds is 7. The van der Waals surface area contributed by atoms with E-state index in [0.29, 0.717) is 19.0 Å². The maximum absolute atomic E-state index is 11.1. The van der Waals surface area contributed by atoms with Crippen molar-refractivity contribution in [2.75, 3.05) is 20.2 Å². The van der Waals surface area contributed by atoms with E-state index in [-0.39, 0.29) is 11.9 Å². The molecule has 4 heteroatoms. The van der Waals surface area contributed by atoms with Gasteiger partial charge in [-0.2, -0.15) is 0 Å². The summed E-state index contributed by atoms with van der Waals surface area (Å²) in [5.41, 5.74) is -0.718. The summed E-state index contributed by atoms with van der Waals surface area (Å²) >= 11 is 0. The lowest BCUT2D eigenvalue weighted by molar-refractivity contribution is -0.144. The first kappa shape index (κ1) is 15.4. The van der Waals surface area contributed by atoms with Crippen LogP contribution in [0.3, 0.4) is 0 Å². The summed E-state index contributed by atoms with van der Waals surface area (Å²) < 4.78 is 4.62. The van der Waals surface area contributed by atoms with Crippen molar-refractivity contribution >= 4 is 5.97 Å². The van der Waals surface area contributed by atoms with Gasteiger partial charge in [0.1, 0.15) is 0 Å². The molecular weight excluding hydrogens is 206 g/mol. The molecule has 0 saturated carbocycles. The molecule has 0 aliphatic carbocycles. The maximum atomic E-state index is 11.1. The first-order valence-electron chi connectivity index (χ1n) is 5.79. The van der Waals surface area contributed by atoms with Gasteiger partial charge in [-0.25, -0.2) is 0 Å². The van der Waals surface area contributed by atoms with Crippen molar-refractivity contribution in [1.29, 1.82) is 0 Å². The predicted octanol–water partition coefficient (Wildman–Crippen LogP) is 1.18. The Morgan fingerprint density at radius 1 is 1.44 bits per heavy atom. The van der Waals surface area contributed by atoms with E-state index in [0.717, 1.165) is 6.42 Å². The molecule has 0 aliphatic heterocycles. The fraction of sp³-hybridized carbons (Fsp3) is 0.917. The Morgan fingerprint density at radius 3 is 2.44 bits per heavy atom. The summed E-state index contributed by atoms with van der Waals surface area (Å²) in [4.78, 5) is 11.1. The van der Waals surface area contributed by atoms with Crippen LogP contribution in [0.1, 0.15) is 34.1 Å². The number of ether oxygens (including phenoxy) is 1. The average Bonchev–Trinajstić information content (AvgIpc) is 2.13. The van der Waals surface area contributed by atoms with E-state index in [1.807, 2.05) is 6.92 Å². The van der Waals surface area contributed by atoms with E-state index >= 15 is 0 Å². The first-order valence-corrected chi connectivity index (χ1v) is 5.79. The standard InChI is InChI=1S/C12H25NO3/c1-9(2)6-12(4,15)8-13-7-10(3)11(14)16-5/h9-10,13,15H,6-8H2,1-5H3. The Balaban J connectivity index is 3.84. The van der Waals surface area contributed by atoms with Gasteiger partial charge in [0.15, 0.2) is 0 Å². The monoisotopic (exact) mass is 231 g/mol. The Bertz CT molecular complexity index is 214. The first-order chi connectivity index (χ1) is 7.28. The van der Waals surface area contributed by atoms with Crippen LogP contribution in [0, 0.1) is 11.8 Å². The lowest BCUT2D eigenvalue weighted by Crippen LogP contribution is -2.41. The van der Waals surface area contributed by atoms with Gasteiger partial charge < -0.3 is 15.2 Å². The van der Waals surface area contributed by atoms with E-state index < -0.39 is 5.60 Å². The summed E-state index contributed by atoms with van der Waals surface area (Å²) in [5.74, 6) is 0.0469. The lowest BCUT2D eigenvalue weighted by atomic mass is 9.94. The van der Waals surface area contributed by atoms with Gasteiger partial charge in [0, 0.05) is 13.1 Å². The third kappa shape index (κ3) is 6.80. The Hall–Kier alpha value is -0.610. The van der Waals surface area contributed by atoms with Crippen molar-refractivity contribution in [2.24, 2.45) is 11.8 Å². The van der Waals surface area contributed by atoms with E-state index in [9.17, 15) is 9.90 Å². The van der Waals surface area contributed by atoms with Crippen molar-refractivity contribution in [3.05, 3.63) is 0 Å². The van der Waals surface area contributed by atoms with Gasteiger partial charge in [0.25, 0.3) is 0 Å². The molecule has 4 nitrogen and oxygen atoms in total. The van der Waals surface area contributed by atoms with Gasteiger partial charge >= 0.3 is 5.97 Å². The minimum atomic E-state index is -0.718. The third-order valence-corrected chi connectivity index (χ3v) is 2.41. The number of hydrogen-bond acceptors (Lipinski definition) is 4. The third-order valence-electron chi connectivity index (χ3n) is 2.41. The second kappa shape index (κ2) is 6.86. The van der Waals surface area contributed by atoms with Crippen LogP contribution < -0.4 is 5.32 Å². The molecule has 0 aliphatic rings. The van der Waals surface area contributed by atoms with Crippen molar-refractivity contribution in [3.8, 4) is 0 Å². The quantitative estimate of drug-likeness (QED) is 0.646. The molecule has 96 valence electrons. The highest BCUT2D eigenvalue weighted by atomic mass is 16.5. The van der Waals surface area contributed by atoms with E-state index in [4.69, 9.17) is 0 Å². The van der Waals surface area contributed by atoms with Crippen LogP contribution in [-0.2, 0) is 9.53 Å². The summed E-state index contributed by atoms with van der Waals surface area (Å²) in [6, 6.07) is 0. The fourth-order valence-corrected chi connectivity index (χ4v) is 1.79. The van der Waals surface area contributed by atoms with Crippen LogP contribution in [-0.4, -0.2) is 36.9 Å². The molecule has 0 rings (SSSR count). The minimum absolute atomic E-state index is 0.181. The molecule has 16 heavy (non-hydrogen) atoms. The molecule has 2 atom stereocenters. The number of esters is 1. The highest BCUT2D eigenvalue weighted by molar-refractivity contribution is 5.71. The molecule has 0 amide bonds. The van der Waals surface area contributed by atoms with Gasteiger partial charge in [0.05, 0.1) is 18.6 Å². The van der Waals surface area contributed by atoms with Gasteiger partial charge in [0.2, 0.25) is 0 Å². The summed E-state index contributed by atoms with van der Waals surface area (Å²) in [6.45, 7) is 8.78. The van der Waals surface area contributed by atoms with Crippen LogP contribution in [0.25, 0.3) is 0 Å². The average molecular weight is 231 g/mol. The number of methoxy groups -OCH3 is 1. The van der Waals surface area contributed by atoms with Crippen LogP contribution in [0.5, 0.6) is 0 Å². The van der Waals surface area contributed by atoms with Gasteiger partial charge in [-0.15, -0.1) is 0 Å². The summed E-state index contributed by atoms with van der Waals surface area (Å²) in [7, 11) is 1.38. The molecule has 0 aromatic carbocycles. The number of carbonyl (C=O) groups excluding carboxylic acids is 1. The van der Waals surface area contributed by atoms with Crippen LogP contribution in [0.4, 0.5) is 0 Å². The zero-order chi connectivity index (χ0) is 12.8. The van der Waals surface area contributed by atoms with E-state index in [1.165, 1.54) is 7.11 Å². The molecule has 0 fully saturated rings. The van der Waals surface area contributed by atoms with Crippen molar-refractivity contribution in [1.82, 2.24) is 5.32 Å². The zero-order valence-electron chi connectivity index (χ0n) is 11.0. The fourth-order valence-electron chi connectivity index (χ4n) is 1.79. The molecule has 0 aromatic heterocycles. The molecule has 0 bridgehead atoms. The second-order valence-electron chi connectivity index (χ2n) is 5.15. The zero-order valence-corrected chi connectivity index (χ0v) is 11.0. The van der Waals surface area contributed by atoms with Gasteiger partial charge in [-0.3, -0.25) is 4.79 Å². The number of carbonyl (C=O) groups is 1. The highest BCUT2D eigenvalue weighted by Gasteiger charge is 2.22. The molecule has 2 unspecified atom stereocenters. The van der Waals surface area contributed by atoms with Crippen molar-refractivity contribution in [3.63, 3.8) is 0 Å². The molecular formula is C12H25NO3. The molecule has 0 saturated heterocycles.